The van der Waals surface area contributed by atoms with Crippen molar-refractivity contribution >= 4 is 29.2 Å². The zero-order valence-corrected chi connectivity index (χ0v) is 21.6. The van der Waals surface area contributed by atoms with Crippen molar-refractivity contribution in [2.75, 3.05) is 23.4 Å². The number of carbonyl (C=O) groups excluding carboxylic acids is 1. The Morgan fingerprint density at radius 1 is 1.32 bits per heavy atom. The second kappa shape index (κ2) is 10.9. The van der Waals surface area contributed by atoms with Crippen molar-refractivity contribution in [3.8, 4) is 6.07 Å². The molecule has 3 N–H and O–H groups in total. The molecule has 5 rings (SSSR count). The highest BCUT2D eigenvalue weighted by Gasteiger charge is 2.56. The third-order valence-electron chi connectivity index (χ3n) is 7.56. The molecule has 2 unspecified atom stereocenters. The van der Waals surface area contributed by atoms with E-state index < -0.39 is 5.41 Å². The lowest BCUT2D eigenvalue weighted by Crippen LogP contribution is -2.35. The zero-order chi connectivity index (χ0) is 26.7. The first-order chi connectivity index (χ1) is 18.4. The number of halogens is 1. The maximum absolute atomic E-state index is 14.5. The van der Waals surface area contributed by atoms with Crippen LogP contribution in [-0.2, 0) is 16.1 Å². The fraction of sp³-hybridized carbons (Fsp3) is 0.448. The maximum atomic E-state index is 14.5. The lowest BCUT2D eigenvalue weighted by atomic mass is 9.83. The van der Waals surface area contributed by atoms with E-state index >= 15 is 0 Å². The molecular weight excluding hydrogens is 483 g/mol. The van der Waals surface area contributed by atoms with Gasteiger partial charge in [-0.1, -0.05) is 0 Å². The number of aliphatic imine (C=N–C) groups is 1. The standard InChI is InChI=1S/C29H33FN6O2/c1-19-10-25(36-8-7-29(18-32,28(36)37)23-5-6-23)14-26(35-19)33-16-20-11-21(13-24(30)12-20)22(15-31)17-34-27-4-2-3-9-38-27/h10-15,17,23,27H,2-9,16,31H2,1H3,(H,33,35). The Morgan fingerprint density at radius 3 is 2.87 bits per heavy atom. The Bertz CT molecular complexity index is 1310. The number of pyridine rings is 1. The summed E-state index contributed by atoms with van der Waals surface area (Å²) in [5, 5.41) is 13.1. The van der Waals surface area contributed by atoms with Gasteiger partial charge >= 0.3 is 0 Å². The Kier molecular flexibility index (Phi) is 7.43. The van der Waals surface area contributed by atoms with Crippen LogP contribution in [0.1, 0.15) is 55.3 Å². The molecule has 0 spiro atoms. The van der Waals surface area contributed by atoms with Gasteiger partial charge in [-0.25, -0.2) is 9.37 Å². The van der Waals surface area contributed by atoms with Crippen molar-refractivity contribution in [2.45, 2.75) is 58.2 Å². The summed E-state index contributed by atoms with van der Waals surface area (Å²) in [6.45, 7) is 3.39. The lowest BCUT2D eigenvalue weighted by Gasteiger charge is -2.22. The number of benzene rings is 1. The smallest absolute Gasteiger partial charge is 0.247 e. The number of carbonyl (C=O) groups is 1. The van der Waals surface area contributed by atoms with Crippen LogP contribution >= 0.6 is 0 Å². The van der Waals surface area contributed by atoms with E-state index in [0.717, 1.165) is 43.5 Å². The molecule has 1 saturated carbocycles. The van der Waals surface area contributed by atoms with E-state index in [1.54, 1.807) is 11.1 Å². The molecule has 1 aromatic carbocycles. The highest BCUT2D eigenvalue weighted by Crippen LogP contribution is 2.52. The topological polar surface area (TPSA) is 117 Å². The Morgan fingerprint density at radius 2 is 2.16 bits per heavy atom. The van der Waals surface area contributed by atoms with Gasteiger partial charge in [-0.2, -0.15) is 5.26 Å². The van der Waals surface area contributed by atoms with Crippen molar-refractivity contribution in [2.24, 2.45) is 22.1 Å². The predicted molar refractivity (Wildman–Crippen MR) is 145 cm³/mol. The van der Waals surface area contributed by atoms with Gasteiger partial charge < -0.3 is 20.7 Å². The van der Waals surface area contributed by atoms with Gasteiger partial charge in [0.05, 0.1) is 6.07 Å². The minimum atomic E-state index is -0.899. The van der Waals surface area contributed by atoms with E-state index in [9.17, 15) is 14.4 Å². The van der Waals surface area contributed by atoms with E-state index in [0.29, 0.717) is 48.6 Å². The van der Waals surface area contributed by atoms with Crippen molar-refractivity contribution < 1.29 is 13.9 Å². The van der Waals surface area contributed by atoms with Crippen LogP contribution in [0.5, 0.6) is 0 Å². The Balaban J connectivity index is 1.30. The van der Waals surface area contributed by atoms with Crippen molar-refractivity contribution in [3.05, 3.63) is 59.2 Å². The summed E-state index contributed by atoms with van der Waals surface area (Å²) in [6.07, 6.45) is 8.27. The zero-order valence-electron chi connectivity index (χ0n) is 21.6. The molecule has 9 heteroatoms. The molecule has 3 heterocycles. The van der Waals surface area contributed by atoms with Crippen LogP contribution in [0.4, 0.5) is 15.9 Å². The fourth-order valence-electron chi connectivity index (χ4n) is 5.36. The SMILES string of the molecule is Cc1cc(N2CCC(C#N)(C3CC3)C2=O)cc(NCc2cc(F)cc(C(C=NC3CCCCO3)=CN)c2)n1. The van der Waals surface area contributed by atoms with Gasteiger partial charge in [0, 0.05) is 55.1 Å². The molecule has 38 heavy (non-hydrogen) atoms. The number of ether oxygens (including phenoxy) is 1. The quantitative estimate of drug-likeness (QED) is 0.492. The van der Waals surface area contributed by atoms with Crippen molar-refractivity contribution in [1.82, 2.24) is 4.98 Å². The van der Waals surface area contributed by atoms with Crippen LogP contribution in [-0.4, -0.2) is 36.5 Å². The van der Waals surface area contributed by atoms with E-state index in [2.05, 4.69) is 21.4 Å². The number of amides is 1. The summed E-state index contributed by atoms with van der Waals surface area (Å²) in [5.74, 6) is 0.246. The van der Waals surface area contributed by atoms with Crippen LogP contribution < -0.4 is 16.0 Å². The van der Waals surface area contributed by atoms with Crippen LogP contribution in [0, 0.1) is 35.4 Å². The molecule has 1 amide bonds. The maximum Gasteiger partial charge on any atom is 0.247 e. The number of hydrogen-bond donors (Lipinski definition) is 2. The first kappa shape index (κ1) is 25.9. The van der Waals surface area contributed by atoms with Crippen LogP contribution in [0.3, 0.4) is 0 Å². The number of aromatic nitrogens is 1. The number of nitriles is 1. The number of aryl methyl sites for hydroxylation is 1. The van der Waals surface area contributed by atoms with Crippen molar-refractivity contribution in [1.29, 1.82) is 5.26 Å². The first-order valence-corrected chi connectivity index (χ1v) is 13.2. The molecule has 1 aromatic heterocycles. The minimum Gasteiger partial charge on any atom is -0.404 e. The number of nitrogens with one attached hydrogen (secondary N) is 1. The number of hydrogen-bond acceptors (Lipinski definition) is 7. The molecule has 2 atom stereocenters. The normalized spacial score (nSPS) is 24.1. The highest BCUT2D eigenvalue weighted by molar-refractivity contribution is 6.09. The van der Waals surface area contributed by atoms with Crippen LogP contribution in [0.15, 0.2) is 41.5 Å². The van der Waals surface area contributed by atoms with Crippen molar-refractivity contribution in [3.63, 3.8) is 0 Å². The molecule has 3 fully saturated rings. The summed E-state index contributed by atoms with van der Waals surface area (Å²) in [4.78, 5) is 24.0. The van der Waals surface area contributed by atoms with E-state index in [4.69, 9.17) is 10.5 Å². The third-order valence-corrected chi connectivity index (χ3v) is 7.56. The molecule has 0 radical (unpaired) electrons. The molecule has 2 aliphatic heterocycles. The summed E-state index contributed by atoms with van der Waals surface area (Å²) in [7, 11) is 0. The monoisotopic (exact) mass is 516 g/mol. The number of anilines is 2. The average Bonchev–Trinajstić information content (AvgIpc) is 3.71. The predicted octanol–water partition coefficient (Wildman–Crippen LogP) is 4.69. The van der Waals surface area contributed by atoms with Crippen LogP contribution in [0.2, 0.25) is 0 Å². The Hall–Kier alpha value is -3.77. The molecule has 1 aliphatic carbocycles. The van der Waals surface area contributed by atoms with Gasteiger partial charge in [0.15, 0.2) is 0 Å². The van der Waals surface area contributed by atoms with Gasteiger partial charge in [-0.3, -0.25) is 9.79 Å². The van der Waals surface area contributed by atoms with E-state index in [1.165, 1.54) is 18.3 Å². The Labute approximate surface area is 222 Å². The first-order valence-electron chi connectivity index (χ1n) is 13.2. The molecule has 2 saturated heterocycles. The summed E-state index contributed by atoms with van der Waals surface area (Å²) >= 11 is 0. The summed E-state index contributed by atoms with van der Waals surface area (Å²) < 4.78 is 20.2. The molecular formula is C29H33FN6O2. The summed E-state index contributed by atoms with van der Waals surface area (Å²) in [5.41, 5.74) is 8.35. The third kappa shape index (κ3) is 5.41. The molecule has 3 aliphatic rings. The van der Waals surface area contributed by atoms with Gasteiger partial charge in [-0.15, -0.1) is 0 Å². The molecule has 8 nitrogen and oxygen atoms in total. The molecule has 2 aromatic rings. The summed E-state index contributed by atoms with van der Waals surface area (Å²) in [6, 6.07) is 10.8. The lowest BCUT2D eigenvalue weighted by molar-refractivity contribution is -0.123. The number of nitrogens with two attached hydrogens (primary N) is 1. The fourth-order valence-corrected chi connectivity index (χ4v) is 5.36. The number of rotatable bonds is 8. The van der Waals surface area contributed by atoms with Gasteiger partial charge in [0.1, 0.15) is 23.3 Å². The minimum absolute atomic E-state index is 0.116. The van der Waals surface area contributed by atoms with Gasteiger partial charge in [0.25, 0.3) is 0 Å². The van der Waals surface area contributed by atoms with E-state index in [1.807, 2.05) is 25.1 Å². The second-order valence-corrected chi connectivity index (χ2v) is 10.3. The largest absolute Gasteiger partial charge is 0.404 e. The van der Waals surface area contributed by atoms with Gasteiger partial charge in [-0.05, 0) is 86.8 Å². The highest BCUT2D eigenvalue weighted by atomic mass is 19.1. The number of nitrogens with zero attached hydrogens (tertiary/aromatic N) is 4. The number of allylic oxidation sites excluding steroid dienone is 1. The molecule has 198 valence electrons. The average molecular weight is 517 g/mol. The molecule has 0 bridgehead atoms. The van der Waals surface area contributed by atoms with E-state index in [-0.39, 0.29) is 23.9 Å². The van der Waals surface area contributed by atoms with Gasteiger partial charge in [0.2, 0.25) is 5.91 Å². The van der Waals surface area contributed by atoms with Crippen LogP contribution in [0.25, 0.3) is 5.57 Å². The second-order valence-electron chi connectivity index (χ2n) is 10.3.